The summed E-state index contributed by atoms with van der Waals surface area (Å²) in [5.74, 6) is 0.584. The van der Waals surface area contributed by atoms with Gasteiger partial charge in [0.15, 0.2) is 0 Å². The van der Waals surface area contributed by atoms with Crippen molar-refractivity contribution in [3.63, 3.8) is 0 Å². The van der Waals surface area contributed by atoms with Crippen LogP contribution in [-0.2, 0) is 6.54 Å². The fourth-order valence-electron chi connectivity index (χ4n) is 1.76. The zero-order chi connectivity index (χ0) is 14.5. The maximum atomic E-state index is 10.2. The molecule has 1 aromatic rings. The van der Waals surface area contributed by atoms with E-state index in [4.69, 9.17) is 27.9 Å². The van der Waals surface area contributed by atoms with Gasteiger partial charge in [0.2, 0.25) is 0 Å². The molecular weight excluding hydrogens is 285 g/mol. The highest BCUT2D eigenvalue weighted by atomic mass is 35.5. The Hall–Kier alpha value is -0.480. The van der Waals surface area contributed by atoms with Crippen molar-refractivity contribution in [2.75, 3.05) is 13.7 Å². The molecule has 0 aliphatic heterocycles. The Balaban J connectivity index is 2.93. The average molecular weight is 306 g/mol. The summed E-state index contributed by atoms with van der Waals surface area (Å²) in [6.07, 6.45) is 1.27. The fraction of sp³-hybridized carbons (Fsp3) is 0.571. The summed E-state index contributed by atoms with van der Waals surface area (Å²) < 4.78 is 5.74. The zero-order valence-corrected chi connectivity index (χ0v) is 13.1. The zero-order valence-electron chi connectivity index (χ0n) is 11.6. The molecule has 108 valence electrons. The van der Waals surface area contributed by atoms with Crippen molar-refractivity contribution in [2.45, 2.75) is 38.8 Å². The number of ether oxygens (including phenoxy) is 1. The monoisotopic (exact) mass is 305 g/mol. The summed E-state index contributed by atoms with van der Waals surface area (Å²) in [6.45, 7) is 4.69. The lowest BCUT2D eigenvalue weighted by molar-refractivity contribution is -0.0115. The van der Waals surface area contributed by atoms with Gasteiger partial charge in [0.25, 0.3) is 0 Å². The van der Waals surface area contributed by atoms with E-state index in [1.165, 1.54) is 0 Å². The molecule has 0 aromatic heterocycles. The highest BCUT2D eigenvalue weighted by Gasteiger charge is 2.24. The molecule has 0 amide bonds. The quantitative estimate of drug-likeness (QED) is 0.808. The molecule has 0 aliphatic rings. The highest BCUT2D eigenvalue weighted by molar-refractivity contribution is 6.35. The molecule has 0 saturated heterocycles. The largest absolute Gasteiger partial charge is 0.489 e. The minimum Gasteiger partial charge on any atom is -0.489 e. The minimum absolute atomic E-state index is 0.220. The molecule has 3 nitrogen and oxygen atoms in total. The van der Waals surface area contributed by atoms with E-state index in [0.29, 0.717) is 35.2 Å². The lowest BCUT2D eigenvalue weighted by atomic mass is 9.99. The molecule has 0 heterocycles. The Morgan fingerprint density at radius 2 is 1.89 bits per heavy atom. The average Bonchev–Trinajstić information content (AvgIpc) is 2.37. The third-order valence-corrected chi connectivity index (χ3v) is 3.75. The van der Waals surface area contributed by atoms with Crippen LogP contribution in [0.15, 0.2) is 12.1 Å². The van der Waals surface area contributed by atoms with Crippen LogP contribution in [-0.4, -0.2) is 24.4 Å². The molecule has 0 unspecified atom stereocenters. The molecule has 0 bridgehead atoms. The fourth-order valence-corrected chi connectivity index (χ4v) is 2.35. The van der Waals surface area contributed by atoms with Crippen LogP contribution in [0, 0.1) is 0 Å². The van der Waals surface area contributed by atoms with E-state index in [0.717, 1.165) is 5.56 Å². The van der Waals surface area contributed by atoms with E-state index in [1.54, 1.807) is 6.07 Å². The molecule has 0 spiro atoms. The molecular formula is C14H21Cl2NO2. The van der Waals surface area contributed by atoms with Gasteiger partial charge in [-0.15, -0.1) is 0 Å². The molecule has 5 heteroatoms. The maximum absolute atomic E-state index is 10.2. The number of halogens is 2. The first kappa shape index (κ1) is 16.6. The van der Waals surface area contributed by atoms with Crippen LogP contribution in [0.4, 0.5) is 0 Å². The summed E-state index contributed by atoms with van der Waals surface area (Å²) in [6, 6.07) is 3.46. The summed E-state index contributed by atoms with van der Waals surface area (Å²) in [4.78, 5) is 0. The van der Waals surface area contributed by atoms with Gasteiger partial charge in [-0.1, -0.05) is 37.0 Å². The van der Waals surface area contributed by atoms with E-state index < -0.39 is 5.60 Å². The second-order valence-corrected chi connectivity index (χ2v) is 5.47. The molecule has 0 radical (unpaired) electrons. The van der Waals surface area contributed by atoms with Crippen LogP contribution in [0.5, 0.6) is 5.75 Å². The lowest BCUT2D eigenvalue weighted by Crippen LogP contribution is -2.34. The number of hydrogen-bond acceptors (Lipinski definition) is 3. The Bertz CT molecular complexity index is 420. The maximum Gasteiger partial charge on any atom is 0.142 e. The topological polar surface area (TPSA) is 41.5 Å². The summed E-state index contributed by atoms with van der Waals surface area (Å²) in [5.41, 5.74) is 0.0643. The molecule has 0 aliphatic carbocycles. The summed E-state index contributed by atoms with van der Waals surface area (Å²) in [5, 5.41) is 14.3. The molecule has 1 aromatic carbocycles. The van der Waals surface area contributed by atoms with Crippen molar-refractivity contribution in [3.8, 4) is 5.75 Å². The van der Waals surface area contributed by atoms with E-state index in [9.17, 15) is 5.11 Å². The van der Waals surface area contributed by atoms with Crippen LogP contribution < -0.4 is 10.1 Å². The second-order valence-electron chi connectivity index (χ2n) is 4.63. The first-order valence-corrected chi connectivity index (χ1v) is 7.19. The van der Waals surface area contributed by atoms with Gasteiger partial charge in [-0.25, -0.2) is 0 Å². The molecule has 0 atom stereocenters. The Morgan fingerprint density at radius 3 is 2.42 bits per heavy atom. The lowest BCUT2D eigenvalue weighted by Gasteiger charge is -2.26. The first-order chi connectivity index (χ1) is 8.95. The van der Waals surface area contributed by atoms with Crippen LogP contribution in [0.2, 0.25) is 10.0 Å². The summed E-state index contributed by atoms with van der Waals surface area (Å²) in [7, 11) is 1.84. The standard InChI is InChI=1S/C14H21Cl2NO2/c1-4-14(18,5-2)9-19-13-10(8-17-3)6-11(15)7-12(13)16/h6-7,17-18H,4-5,8-9H2,1-3H3. The predicted molar refractivity (Wildman–Crippen MR) is 80.3 cm³/mol. The Labute approximate surface area is 124 Å². The normalized spacial score (nSPS) is 11.7. The van der Waals surface area contributed by atoms with Gasteiger partial charge < -0.3 is 15.2 Å². The number of rotatable bonds is 7. The third kappa shape index (κ3) is 4.53. The van der Waals surface area contributed by atoms with Crippen molar-refractivity contribution in [2.24, 2.45) is 0 Å². The van der Waals surface area contributed by atoms with Crippen molar-refractivity contribution in [1.82, 2.24) is 5.32 Å². The van der Waals surface area contributed by atoms with Crippen molar-refractivity contribution < 1.29 is 9.84 Å². The van der Waals surface area contributed by atoms with Crippen molar-refractivity contribution >= 4 is 23.2 Å². The third-order valence-electron chi connectivity index (χ3n) is 3.25. The number of hydrogen-bond donors (Lipinski definition) is 2. The first-order valence-electron chi connectivity index (χ1n) is 6.43. The van der Waals surface area contributed by atoms with Crippen molar-refractivity contribution in [1.29, 1.82) is 0 Å². The molecule has 0 saturated carbocycles. The van der Waals surface area contributed by atoms with Crippen molar-refractivity contribution in [3.05, 3.63) is 27.7 Å². The van der Waals surface area contributed by atoms with Gasteiger partial charge in [-0.05, 0) is 32.0 Å². The molecule has 19 heavy (non-hydrogen) atoms. The number of nitrogens with one attached hydrogen (secondary N) is 1. The van der Waals surface area contributed by atoms with Crippen LogP contribution in [0.1, 0.15) is 32.3 Å². The van der Waals surface area contributed by atoms with Crippen LogP contribution >= 0.6 is 23.2 Å². The van der Waals surface area contributed by atoms with E-state index in [-0.39, 0.29) is 6.61 Å². The smallest absolute Gasteiger partial charge is 0.142 e. The minimum atomic E-state index is -0.820. The molecule has 2 N–H and O–H groups in total. The Kier molecular flexibility index (Phi) is 6.40. The molecule has 0 fully saturated rings. The second kappa shape index (κ2) is 7.34. The van der Waals surface area contributed by atoms with Gasteiger partial charge in [0.05, 0.1) is 10.6 Å². The number of benzene rings is 1. The SMILES string of the molecule is CCC(O)(CC)COc1c(Cl)cc(Cl)cc1CNC. The van der Waals surface area contributed by atoms with Crippen LogP contribution in [0.25, 0.3) is 0 Å². The van der Waals surface area contributed by atoms with Gasteiger partial charge in [0, 0.05) is 17.1 Å². The van der Waals surface area contributed by atoms with Gasteiger partial charge >= 0.3 is 0 Å². The van der Waals surface area contributed by atoms with Crippen LogP contribution in [0.3, 0.4) is 0 Å². The van der Waals surface area contributed by atoms with E-state index in [2.05, 4.69) is 5.32 Å². The van der Waals surface area contributed by atoms with Gasteiger partial charge in [0.1, 0.15) is 12.4 Å². The predicted octanol–water partition coefficient (Wildman–Crippen LogP) is 3.64. The Morgan fingerprint density at radius 1 is 1.26 bits per heavy atom. The van der Waals surface area contributed by atoms with E-state index in [1.807, 2.05) is 27.0 Å². The molecule has 1 rings (SSSR count). The van der Waals surface area contributed by atoms with Gasteiger partial charge in [-0.2, -0.15) is 0 Å². The van der Waals surface area contributed by atoms with Gasteiger partial charge in [-0.3, -0.25) is 0 Å². The summed E-state index contributed by atoms with van der Waals surface area (Å²) >= 11 is 12.2. The highest BCUT2D eigenvalue weighted by Crippen LogP contribution is 2.33. The van der Waals surface area contributed by atoms with E-state index >= 15 is 0 Å². The number of aliphatic hydroxyl groups is 1.